The lowest BCUT2D eigenvalue weighted by Crippen LogP contribution is -2.15. The van der Waals surface area contributed by atoms with E-state index in [1.807, 2.05) is 55.7 Å². The first-order chi connectivity index (χ1) is 14.0. The highest BCUT2D eigenvalue weighted by Crippen LogP contribution is 2.23. The molecule has 0 atom stereocenters. The second-order valence-corrected chi connectivity index (χ2v) is 7.87. The Bertz CT molecular complexity index is 1010. The molecule has 8 heteroatoms. The molecule has 0 radical (unpaired) electrons. The molecule has 0 spiro atoms. The summed E-state index contributed by atoms with van der Waals surface area (Å²) in [7, 11) is 0. The van der Waals surface area contributed by atoms with Gasteiger partial charge in [-0.1, -0.05) is 47.6 Å². The van der Waals surface area contributed by atoms with Gasteiger partial charge in [0.25, 0.3) is 0 Å². The van der Waals surface area contributed by atoms with Crippen molar-refractivity contribution in [2.24, 2.45) is 0 Å². The Labute approximate surface area is 179 Å². The van der Waals surface area contributed by atoms with Crippen LogP contribution in [0, 0.1) is 13.8 Å². The summed E-state index contributed by atoms with van der Waals surface area (Å²) in [5, 5.41) is 12.6. The molecule has 0 unspecified atom stereocenters. The van der Waals surface area contributed by atoms with E-state index in [9.17, 15) is 4.79 Å². The molecule has 0 bridgehead atoms. The molecule has 2 aromatic carbocycles. The molecule has 1 amide bonds. The SMILES string of the molecule is CCn1c(COc2ccccc2C)nnc1SCC(=O)Nc1cc(Cl)ccc1C. The molecular weight excluding hydrogens is 408 g/mol. The minimum atomic E-state index is -0.122. The lowest BCUT2D eigenvalue weighted by Gasteiger charge is -2.11. The Hall–Kier alpha value is -2.51. The molecule has 6 nitrogen and oxygen atoms in total. The number of aromatic nitrogens is 3. The maximum Gasteiger partial charge on any atom is 0.234 e. The van der Waals surface area contributed by atoms with Crippen LogP contribution in [-0.2, 0) is 17.9 Å². The van der Waals surface area contributed by atoms with Gasteiger partial charge >= 0.3 is 0 Å². The average Bonchev–Trinajstić information content (AvgIpc) is 3.10. The third-order valence-corrected chi connectivity index (χ3v) is 5.57. The first kappa shape index (κ1) is 21.2. The summed E-state index contributed by atoms with van der Waals surface area (Å²) < 4.78 is 7.84. The molecule has 1 heterocycles. The lowest BCUT2D eigenvalue weighted by molar-refractivity contribution is -0.113. The maximum absolute atomic E-state index is 12.3. The van der Waals surface area contributed by atoms with Crippen LogP contribution in [0.1, 0.15) is 23.9 Å². The topological polar surface area (TPSA) is 69.0 Å². The Morgan fingerprint density at radius 2 is 1.97 bits per heavy atom. The Morgan fingerprint density at radius 1 is 1.17 bits per heavy atom. The van der Waals surface area contributed by atoms with E-state index >= 15 is 0 Å². The lowest BCUT2D eigenvalue weighted by atomic mass is 10.2. The monoisotopic (exact) mass is 430 g/mol. The first-order valence-corrected chi connectivity index (χ1v) is 10.6. The van der Waals surface area contributed by atoms with E-state index in [4.69, 9.17) is 16.3 Å². The normalized spacial score (nSPS) is 10.8. The molecule has 0 saturated heterocycles. The molecule has 152 valence electrons. The number of carbonyl (C=O) groups excluding carboxylic acids is 1. The summed E-state index contributed by atoms with van der Waals surface area (Å²) >= 11 is 7.35. The molecular formula is C21H23ClN4O2S. The number of halogens is 1. The van der Waals surface area contributed by atoms with Crippen LogP contribution in [-0.4, -0.2) is 26.4 Å². The number of amides is 1. The minimum Gasteiger partial charge on any atom is -0.485 e. The molecule has 0 aliphatic carbocycles. The van der Waals surface area contributed by atoms with Gasteiger partial charge in [0, 0.05) is 17.3 Å². The van der Waals surface area contributed by atoms with Gasteiger partial charge in [-0.3, -0.25) is 4.79 Å². The quantitative estimate of drug-likeness (QED) is 0.516. The van der Waals surface area contributed by atoms with Gasteiger partial charge in [-0.05, 0) is 50.1 Å². The van der Waals surface area contributed by atoms with E-state index in [0.29, 0.717) is 29.0 Å². The molecule has 3 rings (SSSR count). The van der Waals surface area contributed by atoms with Gasteiger partial charge in [0.2, 0.25) is 5.91 Å². The van der Waals surface area contributed by atoms with Crippen molar-refractivity contribution in [1.29, 1.82) is 0 Å². The molecule has 0 fully saturated rings. The van der Waals surface area contributed by atoms with Gasteiger partial charge in [0.05, 0.1) is 5.75 Å². The zero-order chi connectivity index (χ0) is 20.8. The number of benzene rings is 2. The molecule has 0 aliphatic heterocycles. The van der Waals surface area contributed by atoms with Gasteiger partial charge in [-0.2, -0.15) is 0 Å². The van der Waals surface area contributed by atoms with Crippen molar-refractivity contribution in [2.75, 3.05) is 11.1 Å². The summed E-state index contributed by atoms with van der Waals surface area (Å²) in [6, 6.07) is 13.3. The van der Waals surface area contributed by atoms with Crippen molar-refractivity contribution >= 4 is 35.0 Å². The molecule has 1 N–H and O–H groups in total. The van der Waals surface area contributed by atoms with Gasteiger partial charge in [0.1, 0.15) is 12.4 Å². The van der Waals surface area contributed by atoms with Crippen LogP contribution in [0.3, 0.4) is 0 Å². The number of thioether (sulfide) groups is 1. The van der Waals surface area contributed by atoms with Crippen molar-refractivity contribution in [3.05, 3.63) is 64.4 Å². The number of rotatable bonds is 8. The van der Waals surface area contributed by atoms with E-state index in [1.165, 1.54) is 11.8 Å². The van der Waals surface area contributed by atoms with E-state index < -0.39 is 0 Å². The number of hydrogen-bond acceptors (Lipinski definition) is 5. The summed E-state index contributed by atoms with van der Waals surface area (Å²) in [4.78, 5) is 12.3. The zero-order valence-corrected chi connectivity index (χ0v) is 18.2. The molecule has 0 aliphatic rings. The molecule has 0 saturated carbocycles. The van der Waals surface area contributed by atoms with Gasteiger partial charge in [0.15, 0.2) is 11.0 Å². The fourth-order valence-corrected chi connectivity index (χ4v) is 3.75. The largest absolute Gasteiger partial charge is 0.485 e. The van der Waals surface area contributed by atoms with Crippen LogP contribution in [0.2, 0.25) is 5.02 Å². The Kier molecular flexibility index (Phi) is 7.17. The Balaban J connectivity index is 1.60. The number of ether oxygens (including phenoxy) is 1. The van der Waals surface area contributed by atoms with Crippen molar-refractivity contribution in [3.63, 3.8) is 0 Å². The number of aryl methyl sites for hydroxylation is 2. The predicted octanol–water partition coefficient (Wildman–Crippen LogP) is 4.88. The first-order valence-electron chi connectivity index (χ1n) is 9.27. The summed E-state index contributed by atoms with van der Waals surface area (Å²) in [6.07, 6.45) is 0. The number of anilines is 1. The average molecular weight is 431 g/mol. The standard InChI is InChI=1S/C21H23ClN4O2S/c1-4-26-19(12-28-18-8-6-5-7-15(18)3)24-25-21(26)29-13-20(27)23-17-11-16(22)10-9-14(17)2/h5-11H,4,12-13H2,1-3H3,(H,23,27). The Morgan fingerprint density at radius 3 is 2.72 bits per heavy atom. The van der Waals surface area contributed by atoms with Crippen LogP contribution in [0.25, 0.3) is 0 Å². The molecule has 3 aromatic rings. The van der Waals surface area contributed by atoms with Crippen molar-refractivity contribution in [3.8, 4) is 5.75 Å². The highest BCUT2D eigenvalue weighted by atomic mass is 35.5. The zero-order valence-electron chi connectivity index (χ0n) is 16.6. The number of hydrogen-bond donors (Lipinski definition) is 1. The highest BCUT2D eigenvalue weighted by Gasteiger charge is 2.14. The van der Waals surface area contributed by atoms with Crippen molar-refractivity contribution in [1.82, 2.24) is 14.8 Å². The van der Waals surface area contributed by atoms with E-state index in [2.05, 4.69) is 15.5 Å². The predicted molar refractivity (Wildman–Crippen MR) is 117 cm³/mol. The number of nitrogens with one attached hydrogen (secondary N) is 1. The van der Waals surface area contributed by atoms with Gasteiger partial charge in [-0.15, -0.1) is 10.2 Å². The minimum absolute atomic E-state index is 0.122. The van der Waals surface area contributed by atoms with Crippen LogP contribution < -0.4 is 10.1 Å². The van der Waals surface area contributed by atoms with Crippen molar-refractivity contribution in [2.45, 2.75) is 39.1 Å². The smallest absolute Gasteiger partial charge is 0.234 e. The van der Waals surface area contributed by atoms with Crippen molar-refractivity contribution < 1.29 is 9.53 Å². The van der Waals surface area contributed by atoms with E-state index in [-0.39, 0.29) is 11.7 Å². The van der Waals surface area contributed by atoms with Gasteiger partial charge < -0.3 is 14.6 Å². The maximum atomic E-state index is 12.3. The molecule has 1 aromatic heterocycles. The summed E-state index contributed by atoms with van der Waals surface area (Å²) in [5.41, 5.74) is 2.74. The number of carbonyl (C=O) groups is 1. The molecule has 29 heavy (non-hydrogen) atoms. The highest BCUT2D eigenvalue weighted by molar-refractivity contribution is 7.99. The third kappa shape index (κ3) is 5.52. The number of nitrogens with zero attached hydrogens (tertiary/aromatic N) is 3. The number of para-hydroxylation sites is 1. The van der Waals surface area contributed by atoms with E-state index in [0.717, 1.165) is 22.7 Å². The van der Waals surface area contributed by atoms with Crippen LogP contribution in [0.5, 0.6) is 5.75 Å². The fourth-order valence-electron chi connectivity index (χ4n) is 2.76. The second-order valence-electron chi connectivity index (χ2n) is 6.49. The second kappa shape index (κ2) is 9.80. The summed E-state index contributed by atoms with van der Waals surface area (Å²) in [5.74, 6) is 1.65. The summed E-state index contributed by atoms with van der Waals surface area (Å²) in [6.45, 7) is 6.95. The van der Waals surface area contributed by atoms with Crippen LogP contribution in [0.15, 0.2) is 47.6 Å². The third-order valence-electron chi connectivity index (χ3n) is 4.37. The van der Waals surface area contributed by atoms with Crippen LogP contribution >= 0.6 is 23.4 Å². The van der Waals surface area contributed by atoms with E-state index in [1.54, 1.807) is 12.1 Å². The van der Waals surface area contributed by atoms with Crippen LogP contribution in [0.4, 0.5) is 5.69 Å². The fraction of sp³-hybridized carbons (Fsp3) is 0.286. The van der Waals surface area contributed by atoms with Gasteiger partial charge in [-0.25, -0.2) is 0 Å².